The maximum atomic E-state index is 12.0. The third-order valence-corrected chi connectivity index (χ3v) is 4.23. The molecule has 2 aromatic rings. The molecule has 0 spiro atoms. The van der Waals surface area contributed by atoms with Gasteiger partial charge < -0.3 is 4.57 Å². The molecule has 0 aliphatic heterocycles. The number of hydrogen-bond acceptors (Lipinski definition) is 5. The molecular formula is C14H16N2O4S2. The van der Waals surface area contributed by atoms with Crippen LogP contribution in [0.5, 0.6) is 0 Å². The summed E-state index contributed by atoms with van der Waals surface area (Å²) in [6.07, 6.45) is 3.05. The lowest BCUT2D eigenvalue weighted by molar-refractivity contribution is -0.119. The second-order valence-corrected chi connectivity index (χ2v) is 7.39. The molecule has 0 aliphatic rings. The van der Waals surface area contributed by atoms with Crippen molar-refractivity contribution in [3.63, 3.8) is 0 Å². The summed E-state index contributed by atoms with van der Waals surface area (Å²) < 4.78 is 25.2. The van der Waals surface area contributed by atoms with Crippen molar-refractivity contribution in [1.82, 2.24) is 9.29 Å². The highest BCUT2D eigenvalue weighted by Crippen LogP contribution is 2.20. The molecule has 1 amide bonds. The fourth-order valence-corrected chi connectivity index (χ4v) is 3.15. The molecule has 2 aromatic heterocycles. The van der Waals surface area contributed by atoms with E-state index in [0.29, 0.717) is 13.0 Å². The first-order chi connectivity index (χ1) is 10.3. The molecule has 0 bridgehead atoms. The molecule has 2 rings (SSSR count). The molecule has 0 saturated carbocycles. The lowest BCUT2D eigenvalue weighted by Gasteiger charge is -2.07. The Labute approximate surface area is 132 Å². The SMILES string of the molecule is CS(=O)(=O)NC(=O)CCCn1ccc(-c2ccsc2)cc1=O. The average molecular weight is 340 g/mol. The number of aryl methyl sites for hydroxylation is 1. The average Bonchev–Trinajstić information content (AvgIpc) is 2.92. The first-order valence-corrected chi connectivity index (χ1v) is 9.42. The molecule has 6 nitrogen and oxygen atoms in total. The van der Waals surface area contributed by atoms with Crippen LogP contribution in [0, 0.1) is 0 Å². The van der Waals surface area contributed by atoms with Gasteiger partial charge in [0.25, 0.3) is 5.56 Å². The minimum atomic E-state index is -3.52. The highest BCUT2D eigenvalue weighted by Gasteiger charge is 2.08. The quantitative estimate of drug-likeness (QED) is 0.862. The van der Waals surface area contributed by atoms with Crippen LogP contribution in [0.1, 0.15) is 12.8 Å². The third-order valence-electron chi connectivity index (χ3n) is 2.95. The number of thiophene rings is 1. The number of pyridine rings is 1. The van der Waals surface area contributed by atoms with Crippen molar-refractivity contribution < 1.29 is 13.2 Å². The van der Waals surface area contributed by atoms with E-state index in [1.165, 1.54) is 4.57 Å². The number of sulfonamides is 1. The highest BCUT2D eigenvalue weighted by atomic mass is 32.2. The number of amides is 1. The van der Waals surface area contributed by atoms with Gasteiger partial charge in [0.05, 0.1) is 6.26 Å². The maximum absolute atomic E-state index is 12.0. The lowest BCUT2D eigenvalue weighted by atomic mass is 10.1. The Bertz CT molecular complexity index is 808. The number of carbonyl (C=O) groups is 1. The van der Waals surface area contributed by atoms with Gasteiger partial charge in [-0.05, 0) is 40.4 Å². The zero-order chi connectivity index (χ0) is 16.2. The molecule has 2 heterocycles. The molecule has 22 heavy (non-hydrogen) atoms. The molecule has 0 radical (unpaired) electrons. The first-order valence-electron chi connectivity index (χ1n) is 6.59. The van der Waals surface area contributed by atoms with Crippen molar-refractivity contribution in [2.24, 2.45) is 0 Å². The van der Waals surface area contributed by atoms with E-state index in [9.17, 15) is 18.0 Å². The summed E-state index contributed by atoms with van der Waals surface area (Å²) >= 11 is 1.56. The summed E-state index contributed by atoms with van der Waals surface area (Å²) in [5.74, 6) is -0.564. The number of rotatable bonds is 6. The standard InChI is InChI=1S/C14H16N2O4S2/c1-22(19,20)15-13(17)3-2-6-16-7-4-11(9-14(16)18)12-5-8-21-10-12/h4-5,7-10H,2-3,6H2,1H3,(H,15,17). The van der Waals surface area contributed by atoms with E-state index in [0.717, 1.165) is 17.4 Å². The molecule has 0 aromatic carbocycles. The smallest absolute Gasteiger partial charge is 0.251 e. The molecule has 0 saturated heterocycles. The van der Waals surface area contributed by atoms with E-state index in [-0.39, 0.29) is 12.0 Å². The van der Waals surface area contributed by atoms with Crippen LogP contribution in [0.3, 0.4) is 0 Å². The van der Waals surface area contributed by atoms with Crippen molar-refractivity contribution in [2.75, 3.05) is 6.26 Å². The van der Waals surface area contributed by atoms with Crippen LogP contribution in [0.15, 0.2) is 40.0 Å². The van der Waals surface area contributed by atoms with E-state index in [1.54, 1.807) is 23.6 Å². The van der Waals surface area contributed by atoms with Gasteiger partial charge in [0, 0.05) is 25.2 Å². The van der Waals surface area contributed by atoms with Gasteiger partial charge in [-0.2, -0.15) is 11.3 Å². The van der Waals surface area contributed by atoms with E-state index >= 15 is 0 Å². The van der Waals surface area contributed by atoms with Crippen molar-refractivity contribution in [3.8, 4) is 11.1 Å². The van der Waals surface area contributed by atoms with Gasteiger partial charge in [-0.1, -0.05) is 0 Å². The van der Waals surface area contributed by atoms with E-state index in [4.69, 9.17) is 0 Å². The van der Waals surface area contributed by atoms with Crippen LogP contribution in [0.2, 0.25) is 0 Å². The zero-order valence-electron chi connectivity index (χ0n) is 12.0. The summed E-state index contributed by atoms with van der Waals surface area (Å²) in [6.45, 7) is 0.361. The fraction of sp³-hybridized carbons (Fsp3) is 0.286. The molecular weight excluding hydrogens is 324 g/mol. The Morgan fingerprint density at radius 3 is 2.68 bits per heavy atom. The second-order valence-electron chi connectivity index (χ2n) is 4.86. The second kappa shape index (κ2) is 6.89. The highest BCUT2D eigenvalue weighted by molar-refractivity contribution is 7.89. The van der Waals surface area contributed by atoms with Crippen LogP contribution in [-0.2, 0) is 21.4 Å². The number of nitrogens with zero attached hydrogens (tertiary/aromatic N) is 1. The van der Waals surface area contributed by atoms with Crippen molar-refractivity contribution in [2.45, 2.75) is 19.4 Å². The molecule has 0 atom stereocenters. The van der Waals surface area contributed by atoms with Gasteiger partial charge in [-0.3, -0.25) is 14.3 Å². The summed E-state index contributed by atoms with van der Waals surface area (Å²) in [5, 5.41) is 3.91. The number of aromatic nitrogens is 1. The first kappa shape index (κ1) is 16.4. The van der Waals surface area contributed by atoms with Crippen LogP contribution in [0.25, 0.3) is 11.1 Å². The number of carbonyl (C=O) groups excluding carboxylic acids is 1. The maximum Gasteiger partial charge on any atom is 0.251 e. The normalized spacial score (nSPS) is 11.3. The Hall–Kier alpha value is -1.93. The molecule has 0 fully saturated rings. The Morgan fingerprint density at radius 1 is 1.32 bits per heavy atom. The van der Waals surface area contributed by atoms with Gasteiger partial charge in [0.2, 0.25) is 15.9 Å². The van der Waals surface area contributed by atoms with Crippen molar-refractivity contribution in [3.05, 3.63) is 45.5 Å². The van der Waals surface area contributed by atoms with Crippen LogP contribution in [-0.4, -0.2) is 25.1 Å². The molecule has 8 heteroatoms. The predicted octanol–water partition coefficient (Wildman–Crippen LogP) is 1.43. The Morgan fingerprint density at radius 2 is 2.09 bits per heavy atom. The minimum Gasteiger partial charge on any atom is -0.315 e. The monoisotopic (exact) mass is 340 g/mol. The summed E-state index contributed by atoms with van der Waals surface area (Å²) in [6, 6.07) is 5.35. The molecule has 1 N–H and O–H groups in total. The van der Waals surface area contributed by atoms with Crippen LogP contribution in [0.4, 0.5) is 0 Å². The van der Waals surface area contributed by atoms with E-state index < -0.39 is 15.9 Å². The Balaban J connectivity index is 1.94. The summed E-state index contributed by atoms with van der Waals surface area (Å²) in [7, 11) is -3.52. The van der Waals surface area contributed by atoms with Crippen molar-refractivity contribution in [1.29, 1.82) is 0 Å². The summed E-state index contributed by atoms with van der Waals surface area (Å²) in [5.41, 5.74) is 1.71. The topological polar surface area (TPSA) is 85.2 Å². The largest absolute Gasteiger partial charge is 0.315 e. The Kier molecular flexibility index (Phi) is 5.15. The summed E-state index contributed by atoms with van der Waals surface area (Å²) in [4.78, 5) is 23.4. The van der Waals surface area contributed by atoms with E-state index in [1.807, 2.05) is 27.6 Å². The molecule has 0 aliphatic carbocycles. The molecule has 0 unspecified atom stereocenters. The van der Waals surface area contributed by atoms with Crippen LogP contribution < -0.4 is 10.3 Å². The van der Waals surface area contributed by atoms with Gasteiger partial charge in [0.15, 0.2) is 0 Å². The minimum absolute atomic E-state index is 0.0474. The predicted molar refractivity (Wildman–Crippen MR) is 86.2 cm³/mol. The lowest BCUT2D eigenvalue weighted by Crippen LogP contribution is -2.29. The number of nitrogens with one attached hydrogen (secondary N) is 1. The number of hydrogen-bond donors (Lipinski definition) is 1. The van der Waals surface area contributed by atoms with Crippen LogP contribution >= 0.6 is 11.3 Å². The fourth-order valence-electron chi connectivity index (χ4n) is 1.97. The van der Waals surface area contributed by atoms with Gasteiger partial charge in [0.1, 0.15) is 0 Å². The third kappa shape index (κ3) is 4.81. The van der Waals surface area contributed by atoms with Gasteiger partial charge in [-0.25, -0.2) is 8.42 Å². The zero-order valence-corrected chi connectivity index (χ0v) is 13.6. The van der Waals surface area contributed by atoms with Crippen molar-refractivity contribution >= 4 is 27.3 Å². The molecule has 118 valence electrons. The van der Waals surface area contributed by atoms with Gasteiger partial charge >= 0.3 is 0 Å². The van der Waals surface area contributed by atoms with E-state index in [2.05, 4.69) is 0 Å². The van der Waals surface area contributed by atoms with Gasteiger partial charge in [-0.15, -0.1) is 0 Å².